The maximum atomic E-state index is 11.5. The number of benzene rings is 1. The Balaban J connectivity index is 1.44. The number of hydrogen-bond donors (Lipinski definition) is 1. The third-order valence-corrected chi connectivity index (χ3v) is 8.56. The highest BCUT2D eigenvalue weighted by atomic mass is 16.3. The van der Waals surface area contributed by atoms with Crippen molar-refractivity contribution in [1.82, 2.24) is 19.8 Å². The van der Waals surface area contributed by atoms with Crippen molar-refractivity contribution < 1.29 is 5.11 Å². The van der Waals surface area contributed by atoms with E-state index < -0.39 is 6.35 Å². The number of hydrogen-bond acceptors (Lipinski definition) is 7. The Kier molecular flexibility index (Phi) is 5.86. The van der Waals surface area contributed by atoms with Crippen LogP contribution in [0.25, 0.3) is 0 Å². The molecule has 1 atom stereocenters. The molecule has 7 nitrogen and oxygen atoms in total. The van der Waals surface area contributed by atoms with E-state index in [1.54, 1.807) is 12.4 Å². The third kappa shape index (κ3) is 3.80. The average Bonchev–Trinajstić information content (AvgIpc) is 3.08. The Morgan fingerprint density at radius 1 is 1.09 bits per heavy atom. The van der Waals surface area contributed by atoms with E-state index in [2.05, 4.69) is 64.2 Å². The maximum absolute atomic E-state index is 11.5. The monoisotopic (exact) mass is 446 g/mol. The van der Waals surface area contributed by atoms with E-state index in [4.69, 9.17) is 5.26 Å². The molecular formula is C26H34N6O. The lowest BCUT2D eigenvalue weighted by Gasteiger charge is -2.52. The van der Waals surface area contributed by atoms with Crippen molar-refractivity contribution >= 4 is 5.69 Å². The van der Waals surface area contributed by atoms with Gasteiger partial charge >= 0.3 is 0 Å². The second kappa shape index (κ2) is 8.68. The van der Waals surface area contributed by atoms with Gasteiger partial charge in [-0.05, 0) is 64.1 Å². The van der Waals surface area contributed by atoms with Gasteiger partial charge in [0.1, 0.15) is 6.07 Å². The zero-order valence-electron chi connectivity index (χ0n) is 19.7. The van der Waals surface area contributed by atoms with Crippen LogP contribution < -0.4 is 4.90 Å². The standard InChI is InChI=1S/C26H34N6O/c1-30(2)26(21-9-4-3-5-10-21)13-11-25(12-14-26)19-31(22-16-28-23(15-27)29-17-22)24(33)32(25)18-20-7-6-8-20/h3-5,9-10,16-17,20,24,33H,6-8,11-14,18-19H2,1-2H3. The van der Waals surface area contributed by atoms with Gasteiger partial charge in [0.05, 0.1) is 18.1 Å². The highest BCUT2D eigenvalue weighted by Crippen LogP contribution is 2.50. The summed E-state index contributed by atoms with van der Waals surface area (Å²) in [6.07, 6.45) is 10.6. The Bertz CT molecular complexity index is 990. The summed E-state index contributed by atoms with van der Waals surface area (Å²) < 4.78 is 0. The van der Waals surface area contributed by atoms with Crippen LogP contribution in [0.2, 0.25) is 0 Å². The molecule has 0 bridgehead atoms. The summed E-state index contributed by atoms with van der Waals surface area (Å²) in [6, 6.07) is 12.9. The van der Waals surface area contributed by atoms with Crippen LogP contribution in [0.1, 0.15) is 56.3 Å². The van der Waals surface area contributed by atoms with Crippen molar-refractivity contribution in [3.05, 3.63) is 54.1 Å². The summed E-state index contributed by atoms with van der Waals surface area (Å²) in [5, 5.41) is 20.5. The van der Waals surface area contributed by atoms with Crippen molar-refractivity contribution in [1.29, 1.82) is 5.26 Å². The number of anilines is 1. The fourth-order valence-electron chi connectivity index (χ4n) is 6.21. The van der Waals surface area contributed by atoms with Gasteiger partial charge in [-0.1, -0.05) is 36.8 Å². The molecule has 2 heterocycles. The first-order valence-electron chi connectivity index (χ1n) is 12.1. The van der Waals surface area contributed by atoms with Crippen molar-refractivity contribution in [3.8, 4) is 6.07 Å². The Labute approximate surface area is 196 Å². The van der Waals surface area contributed by atoms with Crippen molar-refractivity contribution in [2.24, 2.45) is 5.92 Å². The van der Waals surface area contributed by atoms with Crippen molar-refractivity contribution in [3.63, 3.8) is 0 Å². The van der Waals surface area contributed by atoms with Crippen LogP contribution in [0.3, 0.4) is 0 Å². The lowest BCUT2D eigenvalue weighted by molar-refractivity contribution is -0.0661. The lowest BCUT2D eigenvalue weighted by Crippen LogP contribution is -2.57. The lowest BCUT2D eigenvalue weighted by atomic mass is 9.68. The Hall–Kier alpha value is -2.53. The molecule has 174 valence electrons. The van der Waals surface area contributed by atoms with Crippen LogP contribution in [0, 0.1) is 17.2 Å². The van der Waals surface area contributed by atoms with Gasteiger partial charge in [0.2, 0.25) is 5.82 Å². The van der Waals surface area contributed by atoms with Gasteiger partial charge in [0.15, 0.2) is 6.35 Å². The zero-order chi connectivity index (χ0) is 23.1. The molecule has 1 N–H and O–H groups in total. The Morgan fingerprint density at radius 3 is 2.30 bits per heavy atom. The summed E-state index contributed by atoms with van der Waals surface area (Å²) >= 11 is 0. The molecule has 33 heavy (non-hydrogen) atoms. The fraction of sp³-hybridized carbons (Fsp3) is 0.577. The zero-order valence-corrected chi connectivity index (χ0v) is 19.7. The normalized spacial score (nSPS) is 30.5. The molecule has 3 aliphatic rings. The summed E-state index contributed by atoms with van der Waals surface area (Å²) in [7, 11) is 4.39. The summed E-state index contributed by atoms with van der Waals surface area (Å²) in [6.45, 7) is 1.70. The van der Waals surface area contributed by atoms with E-state index in [-0.39, 0.29) is 16.9 Å². The fourth-order valence-corrected chi connectivity index (χ4v) is 6.21. The summed E-state index contributed by atoms with van der Waals surface area (Å²) in [5.41, 5.74) is 2.11. The predicted molar refractivity (Wildman–Crippen MR) is 127 cm³/mol. The van der Waals surface area contributed by atoms with E-state index in [1.165, 1.54) is 24.8 Å². The van der Waals surface area contributed by atoms with Crippen LogP contribution in [-0.4, -0.2) is 63.9 Å². The van der Waals surface area contributed by atoms with Crippen LogP contribution in [0.5, 0.6) is 0 Å². The number of rotatable bonds is 5. The second-order valence-corrected chi connectivity index (χ2v) is 10.3. The van der Waals surface area contributed by atoms with E-state index >= 15 is 0 Å². The Morgan fingerprint density at radius 2 is 1.76 bits per heavy atom. The quantitative estimate of drug-likeness (QED) is 0.755. The maximum Gasteiger partial charge on any atom is 0.232 e. The molecular weight excluding hydrogens is 412 g/mol. The van der Waals surface area contributed by atoms with Gasteiger partial charge in [-0.3, -0.25) is 9.80 Å². The number of aliphatic hydroxyl groups is 1. The largest absolute Gasteiger partial charge is 0.361 e. The van der Waals surface area contributed by atoms with Crippen LogP contribution >= 0.6 is 0 Å². The predicted octanol–water partition coefficient (Wildman–Crippen LogP) is 3.32. The molecule has 1 aliphatic heterocycles. The van der Waals surface area contributed by atoms with Gasteiger partial charge in [-0.25, -0.2) is 9.97 Å². The van der Waals surface area contributed by atoms with E-state index in [1.807, 2.05) is 11.0 Å². The average molecular weight is 447 g/mol. The molecule has 1 aromatic heterocycles. The van der Waals surface area contributed by atoms with Gasteiger partial charge in [0.25, 0.3) is 0 Å². The highest BCUT2D eigenvalue weighted by molar-refractivity contribution is 5.46. The van der Waals surface area contributed by atoms with Gasteiger partial charge < -0.3 is 10.0 Å². The smallest absolute Gasteiger partial charge is 0.232 e. The minimum absolute atomic E-state index is 0.0184. The molecule has 3 fully saturated rings. The molecule has 0 radical (unpaired) electrons. The molecule has 7 heteroatoms. The van der Waals surface area contributed by atoms with E-state index in [0.29, 0.717) is 5.92 Å². The SMILES string of the molecule is CN(C)C1(c2ccccc2)CCC2(CC1)CN(c1cnc(C#N)nc1)C(O)N2CC1CCC1. The number of aliphatic hydroxyl groups excluding tert-OH is 1. The first-order valence-corrected chi connectivity index (χ1v) is 12.1. The molecule has 2 saturated carbocycles. The number of nitrogens with zero attached hydrogens (tertiary/aromatic N) is 6. The van der Waals surface area contributed by atoms with Crippen molar-refractivity contribution in [2.75, 3.05) is 32.1 Å². The first kappa shape index (κ1) is 22.3. The van der Waals surface area contributed by atoms with E-state index in [9.17, 15) is 5.11 Å². The third-order valence-electron chi connectivity index (χ3n) is 8.56. The molecule has 2 aromatic rings. The summed E-state index contributed by atoms with van der Waals surface area (Å²) in [5.74, 6) is 0.827. The molecule has 1 aromatic carbocycles. The molecule has 0 amide bonds. The second-order valence-electron chi connectivity index (χ2n) is 10.3. The molecule has 1 unspecified atom stereocenters. The number of aromatic nitrogens is 2. The minimum atomic E-state index is -0.689. The van der Waals surface area contributed by atoms with Gasteiger partial charge in [-0.2, -0.15) is 5.26 Å². The number of nitriles is 1. The highest BCUT2D eigenvalue weighted by Gasteiger charge is 2.55. The van der Waals surface area contributed by atoms with Crippen LogP contribution in [0.4, 0.5) is 5.69 Å². The molecule has 1 spiro atoms. The molecule has 2 aliphatic carbocycles. The van der Waals surface area contributed by atoms with Crippen LogP contribution in [-0.2, 0) is 5.54 Å². The minimum Gasteiger partial charge on any atom is -0.361 e. The van der Waals surface area contributed by atoms with E-state index in [0.717, 1.165) is 44.5 Å². The topological polar surface area (TPSA) is 79.5 Å². The first-order chi connectivity index (χ1) is 16.0. The van der Waals surface area contributed by atoms with Gasteiger partial charge in [-0.15, -0.1) is 0 Å². The summed E-state index contributed by atoms with van der Waals surface area (Å²) in [4.78, 5) is 15.1. The van der Waals surface area contributed by atoms with Gasteiger partial charge in [0, 0.05) is 24.2 Å². The molecule has 1 saturated heterocycles. The molecule has 5 rings (SSSR count). The van der Waals surface area contributed by atoms with Crippen molar-refractivity contribution in [2.45, 2.75) is 62.4 Å². The van der Waals surface area contributed by atoms with Crippen LogP contribution in [0.15, 0.2) is 42.7 Å².